The minimum Gasteiger partial charge on any atom is -0.326 e. The normalized spacial score (nSPS) is 18.3. The number of hydrogen-bond acceptors (Lipinski definition) is 3. The Labute approximate surface area is 223 Å². The van der Waals surface area contributed by atoms with E-state index in [0.29, 0.717) is 15.6 Å². The second-order valence-corrected chi connectivity index (χ2v) is 10.6. The molecule has 1 heterocycles. The summed E-state index contributed by atoms with van der Waals surface area (Å²) in [6.07, 6.45) is 0.906. The maximum Gasteiger partial charge on any atom is 0.258 e. The van der Waals surface area contributed by atoms with Crippen LogP contribution >= 0.6 is 69.6 Å². The largest absolute Gasteiger partial charge is 0.326 e. The van der Waals surface area contributed by atoms with Crippen LogP contribution in [0.3, 0.4) is 0 Å². The smallest absolute Gasteiger partial charge is 0.258 e. The third kappa shape index (κ3) is 5.23. The molecule has 0 spiro atoms. The predicted octanol–water partition coefficient (Wildman–Crippen LogP) is 7.61. The van der Waals surface area contributed by atoms with Crippen molar-refractivity contribution < 1.29 is 14.0 Å². The molecule has 0 radical (unpaired) electrons. The summed E-state index contributed by atoms with van der Waals surface area (Å²) in [5.41, 5.74) is 0.928. The van der Waals surface area contributed by atoms with E-state index in [-0.39, 0.29) is 27.1 Å². The molecule has 2 aromatic carbocycles. The summed E-state index contributed by atoms with van der Waals surface area (Å²) in [4.78, 5) is 29.4. The molecule has 2 atom stereocenters. The molecule has 2 amide bonds. The van der Waals surface area contributed by atoms with Crippen LogP contribution in [0.2, 0.25) is 20.1 Å². The molecule has 1 aromatic heterocycles. The summed E-state index contributed by atoms with van der Waals surface area (Å²) in [5, 5.41) is 5.94. The first-order chi connectivity index (χ1) is 16.0. The summed E-state index contributed by atoms with van der Waals surface area (Å²) < 4.78 is 11.8. The number of alkyl halides is 2. The van der Waals surface area contributed by atoms with Gasteiger partial charge in [-0.15, -0.1) is 23.2 Å². The number of hydrogen-bond donors (Lipinski definition) is 2. The molecule has 4 rings (SSSR count). The van der Waals surface area contributed by atoms with Crippen molar-refractivity contribution in [2.45, 2.75) is 10.3 Å². The maximum atomic E-state index is 13.2. The van der Waals surface area contributed by atoms with Gasteiger partial charge < -0.3 is 10.6 Å². The summed E-state index contributed by atoms with van der Waals surface area (Å²) in [6, 6.07) is 10.2. The van der Waals surface area contributed by atoms with Crippen molar-refractivity contribution in [1.82, 2.24) is 4.98 Å². The Bertz CT molecular complexity index is 1300. The van der Waals surface area contributed by atoms with Crippen molar-refractivity contribution in [3.8, 4) is 0 Å². The number of rotatable bonds is 5. The summed E-state index contributed by atoms with van der Waals surface area (Å²) in [6.45, 7) is 0. The topological polar surface area (TPSA) is 71.1 Å². The summed E-state index contributed by atoms with van der Waals surface area (Å²) in [7, 11) is 0. The second kappa shape index (κ2) is 9.69. The van der Waals surface area contributed by atoms with E-state index in [2.05, 4.69) is 15.6 Å². The molecule has 0 saturated heterocycles. The Morgan fingerprint density at radius 2 is 1.59 bits per heavy atom. The van der Waals surface area contributed by atoms with Crippen LogP contribution in [-0.4, -0.2) is 21.1 Å². The standard InChI is InChI=1S/C22H12Cl6FN3O2/c23-10-3-9(4-11(24)5-10)17-18(22(17,27)28)21(34)31-13-1-2-15(25)14(7-13)20(33)32-19-16(26)6-12(29)8-30-19/h1-8,17-18H,(H,31,34)(H,30,32,33)/t17-,18+/m0/s1. The molecular weight excluding hydrogens is 570 g/mol. The zero-order valence-corrected chi connectivity index (χ0v) is 21.2. The van der Waals surface area contributed by atoms with Crippen LogP contribution in [0.4, 0.5) is 15.9 Å². The van der Waals surface area contributed by atoms with Crippen LogP contribution < -0.4 is 10.6 Å². The monoisotopic (exact) mass is 579 g/mol. The highest BCUT2D eigenvalue weighted by Gasteiger charge is 2.67. The Hall–Kier alpha value is -1.80. The van der Waals surface area contributed by atoms with E-state index in [1.165, 1.54) is 18.2 Å². The minimum absolute atomic E-state index is 0.0265. The van der Waals surface area contributed by atoms with Gasteiger partial charge in [0.2, 0.25) is 5.91 Å². The van der Waals surface area contributed by atoms with Gasteiger partial charge in [0.15, 0.2) is 5.82 Å². The first-order valence-electron chi connectivity index (χ1n) is 9.54. The van der Waals surface area contributed by atoms with Crippen LogP contribution in [0.25, 0.3) is 0 Å². The molecule has 12 heteroatoms. The van der Waals surface area contributed by atoms with E-state index < -0.39 is 33.8 Å². The molecule has 1 aliphatic rings. The molecule has 3 aromatic rings. The van der Waals surface area contributed by atoms with Gasteiger partial charge in [0, 0.05) is 21.7 Å². The van der Waals surface area contributed by atoms with Crippen molar-refractivity contribution >= 4 is 92.9 Å². The van der Waals surface area contributed by atoms with E-state index in [9.17, 15) is 14.0 Å². The number of halogens is 7. The van der Waals surface area contributed by atoms with E-state index in [0.717, 1.165) is 12.3 Å². The van der Waals surface area contributed by atoms with Crippen molar-refractivity contribution in [3.63, 3.8) is 0 Å². The van der Waals surface area contributed by atoms with Crippen LogP contribution in [0.5, 0.6) is 0 Å². The third-order valence-electron chi connectivity index (χ3n) is 5.10. The van der Waals surface area contributed by atoms with Crippen molar-refractivity contribution in [2.75, 3.05) is 10.6 Å². The number of pyridine rings is 1. The van der Waals surface area contributed by atoms with Gasteiger partial charge in [0.1, 0.15) is 10.2 Å². The number of aromatic nitrogens is 1. The number of carbonyl (C=O) groups is 2. The highest BCUT2D eigenvalue weighted by molar-refractivity contribution is 6.53. The Kier molecular flexibility index (Phi) is 7.21. The van der Waals surface area contributed by atoms with Gasteiger partial charge >= 0.3 is 0 Å². The highest BCUT2D eigenvalue weighted by atomic mass is 35.5. The zero-order chi connectivity index (χ0) is 24.8. The molecule has 34 heavy (non-hydrogen) atoms. The van der Waals surface area contributed by atoms with E-state index in [1.807, 2.05) is 0 Å². The third-order valence-corrected chi connectivity index (χ3v) is 7.09. The van der Waals surface area contributed by atoms with Crippen LogP contribution in [-0.2, 0) is 4.79 Å². The fourth-order valence-corrected chi connectivity index (χ4v) is 5.28. The minimum atomic E-state index is -1.37. The molecule has 0 unspecified atom stereocenters. The van der Waals surface area contributed by atoms with Crippen LogP contribution in [0.1, 0.15) is 21.8 Å². The average molecular weight is 582 g/mol. The first kappa shape index (κ1) is 25.3. The fraction of sp³-hybridized carbons (Fsp3) is 0.136. The van der Waals surface area contributed by atoms with Crippen molar-refractivity contribution in [1.29, 1.82) is 0 Å². The van der Waals surface area contributed by atoms with Gasteiger partial charge in [-0.3, -0.25) is 9.59 Å². The molecule has 5 nitrogen and oxygen atoms in total. The maximum absolute atomic E-state index is 13.2. The van der Waals surface area contributed by atoms with E-state index >= 15 is 0 Å². The Morgan fingerprint density at radius 3 is 2.24 bits per heavy atom. The molecule has 0 bridgehead atoms. The summed E-state index contributed by atoms with van der Waals surface area (Å²) in [5.74, 6) is -3.16. The number of nitrogens with one attached hydrogen (secondary N) is 2. The Morgan fingerprint density at radius 1 is 0.912 bits per heavy atom. The Balaban J connectivity index is 1.52. The van der Waals surface area contributed by atoms with Gasteiger partial charge in [-0.25, -0.2) is 9.37 Å². The molecule has 176 valence electrons. The highest BCUT2D eigenvalue weighted by Crippen LogP contribution is 2.65. The van der Waals surface area contributed by atoms with Gasteiger partial charge in [-0.05, 0) is 48.0 Å². The zero-order valence-electron chi connectivity index (χ0n) is 16.7. The van der Waals surface area contributed by atoms with Crippen LogP contribution in [0, 0.1) is 11.7 Å². The van der Waals surface area contributed by atoms with Gasteiger partial charge in [-0.2, -0.15) is 0 Å². The van der Waals surface area contributed by atoms with E-state index in [1.54, 1.807) is 18.2 Å². The first-order valence-corrected chi connectivity index (χ1v) is 11.8. The molecule has 0 aliphatic heterocycles. The fourth-order valence-electron chi connectivity index (χ4n) is 3.50. The number of nitrogens with zero attached hydrogens (tertiary/aromatic N) is 1. The number of benzene rings is 2. The van der Waals surface area contributed by atoms with Gasteiger partial charge in [0.25, 0.3) is 5.91 Å². The van der Waals surface area contributed by atoms with Crippen LogP contribution in [0.15, 0.2) is 48.7 Å². The lowest BCUT2D eigenvalue weighted by atomic mass is 10.1. The van der Waals surface area contributed by atoms with E-state index in [4.69, 9.17) is 69.6 Å². The lowest BCUT2D eigenvalue weighted by molar-refractivity contribution is -0.117. The molecule has 1 aliphatic carbocycles. The summed E-state index contributed by atoms with van der Waals surface area (Å²) >= 11 is 36.9. The van der Waals surface area contributed by atoms with Crippen molar-refractivity contribution in [3.05, 3.63) is 85.7 Å². The van der Waals surface area contributed by atoms with Crippen molar-refractivity contribution in [2.24, 2.45) is 5.92 Å². The second-order valence-electron chi connectivity index (χ2n) is 7.45. The van der Waals surface area contributed by atoms with Gasteiger partial charge in [-0.1, -0.05) is 46.4 Å². The molecule has 1 fully saturated rings. The number of anilines is 2. The SMILES string of the molecule is O=C(Nc1ncc(F)cc1Cl)c1cc(NC(=O)[C@H]2[C@H](c3cc(Cl)cc(Cl)c3)C2(Cl)Cl)ccc1Cl. The predicted molar refractivity (Wildman–Crippen MR) is 134 cm³/mol. The molecule has 2 N–H and O–H groups in total. The number of amides is 2. The molecular formula is C22H12Cl6FN3O2. The number of carbonyl (C=O) groups excluding carboxylic acids is 2. The molecule has 1 saturated carbocycles. The average Bonchev–Trinajstić information content (AvgIpc) is 3.33. The lowest BCUT2D eigenvalue weighted by Gasteiger charge is -2.10. The van der Waals surface area contributed by atoms with Gasteiger partial charge in [0.05, 0.1) is 27.7 Å². The quantitative estimate of drug-likeness (QED) is 0.305. The lowest BCUT2D eigenvalue weighted by Crippen LogP contribution is -2.18.